The molecule has 0 amide bonds. The predicted octanol–water partition coefficient (Wildman–Crippen LogP) is 2.45. The maximum atomic E-state index is 10.8. The van der Waals surface area contributed by atoms with Crippen molar-refractivity contribution in [2.75, 3.05) is 20.3 Å². The number of nitrogens with one attached hydrogen (secondary N) is 1. The molecule has 106 valence electrons. The number of ether oxygens (including phenoxy) is 1. The lowest BCUT2D eigenvalue weighted by Crippen LogP contribution is -2.18. The molecule has 0 fully saturated rings. The number of nitro benzene ring substituents is 1. The van der Waals surface area contributed by atoms with Crippen LogP contribution in [0.25, 0.3) is 11.3 Å². The molecule has 0 unspecified atom stereocenters. The van der Waals surface area contributed by atoms with Crippen molar-refractivity contribution in [3.05, 3.63) is 44.8 Å². The number of thiazole rings is 1. The lowest BCUT2D eigenvalue weighted by Gasteiger charge is -2.00. The quantitative estimate of drug-likeness (QED) is 0.482. The van der Waals surface area contributed by atoms with E-state index < -0.39 is 4.92 Å². The summed E-state index contributed by atoms with van der Waals surface area (Å²) in [6, 6.07) is 6.51. The first-order chi connectivity index (χ1) is 9.70. The van der Waals surface area contributed by atoms with Crippen LogP contribution in [0, 0.1) is 10.1 Å². The molecular formula is C13H15N3O3S. The molecule has 0 bridgehead atoms. The number of benzene rings is 1. The summed E-state index contributed by atoms with van der Waals surface area (Å²) in [6.07, 6.45) is 0. The Morgan fingerprint density at radius 1 is 1.50 bits per heavy atom. The van der Waals surface area contributed by atoms with Gasteiger partial charge in [-0.15, -0.1) is 11.3 Å². The van der Waals surface area contributed by atoms with Crippen molar-refractivity contribution in [2.45, 2.75) is 6.54 Å². The predicted molar refractivity (Wildman–Crippen MR) is 77.8 cm³/mol. The van der Waals surface area contributed by atoms with E-state index in [1.54, 1.807) is 13.2 Å². The molecule has 1 heterocycles. The van der Waals surface area contributed by atoms with E-state index in [1.165, 1.54) is 23.5 Å². The van der Waals surface area contributed by atoms with Gasteiger partial charge in [0.1, 0.15) is 5.01 Å². The van der Waals surface area contributed by atoms with E-state index in [4.69, 9.17) is 4.74 Å². The Kier molecular flexibility index (Phi) is 5.16. The van der Waals surface area contributed by atoms with E-state index in [9.17, 15) is 10.1 Å². The molecule has 2 rings (SSSR count). The average Bonchev–Trinajstić information content (AvgIpc) is 2.92. The highest BCUT2D eigenvalue weighted by atomic mass is 32.1. The SMILES string of the molecule is COCCNCc1nc(-c2cccc([N+](=O)[O-])c2)cs1. The number of aromatic nitrogens is 1. The summed E-state index contributed by atoms with van der Waals surface area (Å²) in [7, 11) is 1.66. The average molecular weight is 293 g/mol. The maximum Gasteiger partial charge on any atom is 0.270 e. The van der Waals surface area contributed by atoms with E-state index in [0.717, 1.165) is 22.8 Å². The number of hydrogen-bond acceptors (Lipinski definition) is 6. The van der Waals surface area contributed by atoms with Gasteiger partial charge in [-0.25, -0.2) is 4.98 Å². The third kappa shape index (κ3) is 3.83. The Morgan fingerprint density at radius 2 is 2.35 bits per heavy atom. The first kappa shape index (κ1) is 14.6. The van der Waals surface area contributed by atoms with Gasteiger partial charge in [0.25, 0.3) is 5.69 Å². The van der Waals surface area contributed by atoms with Crippen LogP contribution in [0.1, 0.15) is 5.01 Å². The van der Waals surface area contributed by atoms with Crippen LogP contribution >= 0.6 is 11.3 Å². The number of nitro groups is 1. The van der Waals surface area contributed by atoms with Crippen LogP contribution in [0.3, 0.4) is 0 Å². The Labute approximate surface area is 120 Å². The minimum absolute atomic E-state index is 0.0790. The summed E-state index contributed by atoms with van der Waals surface area (Å²) >= 11 is 1.53. The van der Waals surface area contributed by atoms with E-state index in [0.29, 0.717) is 13.2 Å². The van der Waals surface area contributed by atoms with Crippen LogP contribution in [0.5, 0.6) is 0 Å². The lowest BCUT2D eigenvalue weighted by molar-refractivity contribution is -0.384. The number of nitrogens with zero attached hydrogens (tertiary/aromatic N) is 2. The molecule has 20 heavy (non-hydrogen) atoms. The summed E-state index contributed by atoms with van der Waals surface area (Å²) < 4.78 is 4.95. The molecule has 0 radical (unpaired) electrons. The normalized spacial score (nSPS) is 10.7. The van der Waals surface area contributed by atoms with Crippen molar-refractivity contribution < 1.29 is 9.66 Å². The molecule has 2 aromatic rings. The van der Waals surface area contributed by atoms with Crippen LogP contribution in [-0.4, -0.2) is 30.2 Å². The Balaban J connectivity index is 2.04. The van der Waals surface area contributed by atoms with Gasteiger partial charge in [-0.3, -0.25) is 10.1 Å². The second kappa shape index (κ2) is 7.09. The summed E-state index contributed by atoms with van der Waals surface area (Å²) in [6.45, 7) is 2.09. The zero-order valence-electron chi connectivity index (χ0n) is 11.0. The van der Waals surface area contributed by atoms with Crippen LogP contribution in [-0.2, 0) is 11.3 Å². The van der Waals surface area contributed by atoms with Crippen molar-refractivity contribution >= 4 is 17.0 Å². The highest BCUT2D eigenvalue weighted by Gasteiger charge is 2.09. The first-order valence-corrected chi connectivity index (χ1v) is 6.97. The van der Waals surface area contributed by atoms with Gasteiger partial charge in [0.05, 0.1) is 17.2 Å². The van der Waals surface area contributed by atoms with Crippen LogP contribution < -0.4 is 5.32 Å². The van der Waals surface area contributed by atoms with Crippen molar-refractivity contribution in [3.63, 3.8) is 0 Å². The van der Waals surface area contributed by atoms with Gasteiger partial charge in [-0.1, -0.05) is 12.1 Å². The van der Waals surface area contributed by atoms with Gasteiger partial charge in [0.15, 0.2) is 0 Å². The van der Waals surface area contributed by atoms with E-state index in [2.05, 4.69) is 10.3 Å². The molecule has 6 nitrogen and oxygen atoms in total. The molecule has 0 atom stereocenters. The third-order valence-electron chi connectivity index (χ3n) is 2.66. The molecule has 1 aromatic carbocycles. The number of hydrogen-bond donors (Lipinski definition) is 1. The number of rotatable bonds is 7. The first-order valence-electron chi connectivity index (χ1n) is 6.09. The zero-order chi connectivity index (χ0) is 14.4. The van der Waals surface area contributed by atoms with Crippen LogP contribution in [0.4, 0.5) is 5.69 Å². The fraction of sp³-hybridized carbons (Fsp3) is 0.308. The van der Waals surface area contributed by atoms with Gasteiger partial charge in [-0.2, -0.15) is 0 Å². The van der Waals surface area contributed by atoms with Crippen molar-refractivity contribution in [1.29, 1.82) is 0 Å². The molecule has 0 aliphatic carbocycles. The van der Waals surface area contributed by atoms with Gasteiger partial charge in [0.2, 0.25) is 0 Å². The monoisotopic (exact) mass is 293 g/mol. The standard InChI is InChI=1S/C13H15N3O3S/c1-19-6-5-14-8-13-15-12(9-20-13)10-3-2-4-11(7-10)16(17)18/h2-4,7,9,14H,5-6,8H2,1H3. The molecule has 0 spiro atoms. The van der Waals surface area contributed by atoms with Gasteiger partial charge >= 0.3 is 0 Å². The van der Waals surface area contributed by atoms with Crippen molar-refractivity contribution in [2.24, 2.45) is 0 Å². The molecule has 1 aromatic heterocycles. The summed E-state index contributed by atoms with van der Waals surface area (Å²) in [5, 5.41) is 16.8. The molecule has 0 saturated heterocycles. The van der Waals surface area contributed by atoms with Gasteiger partial charge < -0.3 is 10.1 Å². The Hall–Kier alpha value is -1.83. The number of non-ortho nitro benzene ring substituents is 1. The molecule has 0 aliphatic rings. The largest absolute Gasteiger partial charge is 0.383 e. The summed E-state index contributed by atoms with van der Waals surface area (Å²) in [4.78, 5) is 14.8. The second-order valence-electron chi connectivity index (χ2n) is 4.10. The maximum absolute atomic E-state index is 10.8. The highest BCUT2D eigenvalue weighted by Crippen LogP contribution is 2.25. The molecule has 0 aliphatic heterocycles. The lowest BCUT2D eigenvalue weighted by atomic mass is 10.1. The van der Waals surface area contributed by atoms with Gasteiger partial charge in [0, 0.05) is 43.3 Å². The molecular weight excluding hydrogens is 278 g/mol. The van der Waals surface area contributed by atoms with Crippen molar-refractivity contribution in [1.82, 2.24) is 10.3 Å². The molecule has 1 N–H and O–H groups in total. The molecule has 0 saturated carbocycles. The van der Waals surface area contributed by atoms with E-state index in [-0.39, 0.29) is 5.69 Å². The summed E-state index contributed by atoms with van der Waals surface area (Å²) in [5.74, 6) is 0. The Bertz CT molecular complexity index is 586. The minimum Gasteiger partial charge on any atom is -0.383 e. The van der Waals surface area contributed by atoms with Gasteiger partial charge in [-0.05, 0) is 0 Å². The van der Waals surface area contributed by atoms with E-state index in [1.807, 2.05) is 11.4 Å². The molecule has 7 heteroatoms. The number of methoxy groups -OCH3 is 1. The minimum atomic E-state index is -0.400. The zero-order valence-corrected chi connectivity index (χ0v) is 11.9. The topological polar surface area (TPSA) is 77.3 Å². The smallest absolute Gasteiger partial charge is 0.270 e. The van der Waals surface area contributed by atoms with Crippen molar-refractivity contribution in [3.8, 4) is 11.3 Å². The van der Waals surface area contributed by atoms with E-state index >= 15 is 0 Å². The highest BCUT2D eigenvalue weighted by molar-refractivity contribution is 7.09. The fourth-order valence-corrected chi connectivity index (χ4v) is 2.45. The summed E-state index contributed by atoms with van der Waals surface area (Å²) in [5.41, 5.74) is 1.61. The third-order valence-corrected chi connectivity index (χ3v) is 3.51. The Morgan fingerprint density at radius 3 is 3.10 bits per heavy atom. The fourth-order valence-electron chi connectivity index (χ4n) is 1.67. The second-order valence-corrected chi connectivity index (χ2v) is 5.05. The van der Waals surface area contributed by atoms with Crippen LogP contribution in [0.2, 0.25) is 0 Å². The van der Waals surface area contributed by atoms with Crippen LogP contribution in [0.15, 0.2) is 29.6 Å².